The van der Waals surface area contributed by atoms with Crippen LogP contribution in [0.5, 0.6) is 5.75 Å². The highest BCUT2D eigenvalue weighted by Crippen LogP contribution is 2.12. The number of rotatable bonds is 8. The molecule has 88 valence electrons. The molecule has 3 nitrogen and oxygen atoms in total. The third kappa shape index (κ3) is 4.96. The Morgan fingerprint density at radius 1 is 1.44 bits per heavy atom. The molecule has 0 bridgehead atoms. The Morgan fingerprint density at radius 2 is 2.31 bits per heavy atom. The van der Waals surface area contributed by atoms with E-state index in [9.17, 15) is 0 Å². The first kappa shape index (κ1) is 12.7. The number of ether oxygens (including phenoxy) is 2. The highest BCUT2D eigenvalue weighted by Gasteiger charge is 1.96. The van der Waals surface area contributed by atoms with Crippen molar-refractivity contribution < 1.29 is 9.47 Å². The van der Waals surface area contributed by atoms with Crippen LogP contribution in [0.3, 0.4) is 0 Å². The van der Waals surface area contributed by atoms with E-state index in [1.807, 2.05) is 18.2 Å². The third-order valence-corrected chi connectivity index (χ3v) is 2.08. The predicted molar refractivity (Wildman–Crippen MR) is 65.7 cm³/mol. The maximum atomic E-state index is 5.45. The fourth-order valence-corrected chi connectivity index (χ4v) is 1.31. The van der Waals surface area contributed by atoms with Gasteiger partial charge in [0.1, 0.15) is 12.4 Å². The molecular formula is C13H19NO2. The fraction of sp³-hybridized carbons (Fsp3) is 0.385. The molecule has 1 aromatic carbocycles. The van der Waals surface area contributed by atoms with E-state index >= 15 is 0 Å². The van der Waals surface area contributed by atoms with Crippen molar-refractivity contribution in [2.75, 3.05) is 26.9 Å². The summed E-state index contributed by atoms with van der Waals surface area (Å²) < 4.78 is 10.4. The van der Waals surface area contributed by atoms with E-state index in [2.05, 4.69) is 18.0 Å². The molecule has 1 rings (SSSR count). The summed E-state index contributed by atoms with van der Waals surface area (Å²) >= 11 is 0. The Bertz CT molecular complexity index is 313. The van der Waals surface area contributed by atoms with Gasteiger partial charge in [-0.25, -0.2) is 0 Å². The molecule has 0 atom stereocenters. The summed E-state index contributed by atoms with van der Waals surface area (Å²) in [6, 6.07) is 8.04. The second-order valence-electron chi connectivity index (χ2n) is 3.42. The average molecular weight is 221 g/mol. The second-order valence-corrected chi connectivity index (χ2v) is 3.42. The number of methoxy groups -OCH3 is 1. The van der Waals surface area contributed by atoms with Crippen LogP contribution in [0.25, 0.3) is 0 Å². The molecule has 3 heteroatoms. The third-order valence-electron chi connectivity index (χ3n) is 2.08. The zero-order chi connectivity index (χ0) is 11.6. The monoisotopic (exact) mass is 221 g/mol. The molecule has 0 fully saturated rings. The van der Waals surface area contributed by atoms with E-state index < -0.39 is 0 Å². The summed E-state index contributed by atoms with van der Waals surface area (Å²) in [6.45, 7) is 6.57. The molecule has 0 aliphatic carbocycles. The lowest BCUT2D eigenvalue weighted by molar-refractivity contribution is 0.199. The lowest BCUT2D eigenvalue weighted by Gasteiger charge is -2.07. The van der Waals surface area contributed by atoms with E-state index in [1.54, 1.807) is 13.2 Å². The fourth-order valence-electron chi connectivity index (χ4n) is 1.31. The summed E-state index contributed by atoms with van der Waals surface area (Å²) in [7, 11) is 1.70. The molecule has 16 heavy (non-hydrogen) atoms. The predicted octanol–water partition coefficient (Wildman–Crippen LogP) is 1.99. The van der Waals surface area contributed by atoms with Gasteiger partial charge in [0, 0.05) is 20.2 Å². The molecule has 0 amide bonds. The van der Waals surface area contributed by atoms with Crippen LogP contribution in [0.15, 0.2) is 36.9 Å². The summed E-state index contributed by atoms with van der Waals surface area (Å²) in [6.07, 6.45) is 1.74. The Morgan fingerprint density at radius 3 is 3.06 bits per heavy atom. The lowest BCUT2D eigenvalue weighted by Crippen LogP contribution is -2.18. The van der Waals surface area contributed by atoms with Crippen molar-refractivity contribution in [2.45, 2.75) is 6.54 Å². The van der Waals surface area contributed by atoms with E-state index in [4.69, 9.17) is 9.47 Å². The smallest absolute Gasteiger partial charge is 0.120 e. The van der Waals surface area contributed by atoms with Crippen LogP contribution in [0.4, 0.5) is 0 Å². The van der Waals surface area contributed by atoms with Crippen molar-refractivity contribution >= 4 is 0 Å². The summed E-state index contributed by atoms with van der Waals surface area (Å²) in [5, 5.41) is 3.29. The highest BCUT2D eigenvalue weighted by atomic mass is 16.5. The van der Waals surface area contributed by atoms with Crippen LogP contribution in [0, 0.1) is 0 Å². The van der Waals surface area contributed by atoms with Crippen LogP contribution in [-0.4, -0.2) is 26.9 Å². The first-order valence-corrected chi connectivity index (χ1v) is 5.39. The molecule has 1 N–H and O–H groups in total. The Balaban J connectivity index is 2.37. The Kier molecular flexibility index (Phi) is 6.30. The van der Waals surface area contributed by atoms with Crippen LogP contribution >= 0.6 is 0 Å². The lowest BCUT2D eigenvalue weighted by atomic mass is 10.2. The van der Waals surface area contributed by atoms with Crippen molar-refractivity contribution in [3.05, 3.63) is 42.5 Å². The van der Waals surface area contributed by atoms with Gasteiger partial charge in [-0.15, -0.1) is 0 Å². The highest BCUT2D eigenvalue weighted by molar-refractivity contribution is 5.28. The quantitative estimate of drug-likeness (QED) is 0.538. The zero-order valence-corrected chi connectivity index (χ0v) is 9.74. The van der Waals surface area contributed by atoms with Gasteiger partial charge in [-0.05, 0) is 17.7 Å². The molecule has 0 unspecified atom stereocenters. The van der Waals surface area contributed by atoms with Gasteiger partial charge in [-0.2, -0.15) is 0 Å². The molecule has 0 aliphatic rings. The van der Waals surface area contributed by atoms with Gasteiger partial charge in [0.2, 0.25) is 0 Å². The Hall–Kier alpha value is -1.32. The van der Waals surface area contributed by atoms with Crippen molar-refractivity contribution in [3.8, 4) is 5.75 Å². The van der Waals surface area contributed by atoms with Crippen molar-refractivity contribution in [1.29, 1.82) is 0 Å². The standard InChI is InChI=1S/C13H19NO2/c1-3-8-16-13-6-4-5-12(10-13)11-14-7-9-15-2/h3-6,10,14H,1,7-9,11H2,2H3. The molecule has 0 aliphatic heterocycles. The van der Waals surface area contributed by atoms with E-state index in [-0.39, 0.29) is 0 Å². The van der Waals surface area contributed by atoms with E-state index in [1.165, 1.54) is 5.56 Å². The van der Waals surface area contributed by atoms with Gasteiger partial charge in [0.25, 0.3) is 0 Å². The first-order valence-electron chi connectivity index (χ1n) is 5.39. The van der Waals surface area contributed by atoms with Crippen LogP contribution in [0.2, 0.25) is 0 Å². The summed E-state index contributed by atoms with van der Waals surface area (Å²) in [4.78, 5) is 0. The number of hydrogen-bond donors (Lipinski definition) is 1. The van der Waals surface area contributed by atoms with Gasteiger partial charge in [-0.1, -0.05) is 24.8 Å². The van der Waals surface area contributed by atoms with Gasteiger partial charge in [0.15, 0.2) is 0 Å². The maximum absolute atomic E-state index is 5.45. The number of benzene rings is 1. The summed E-state index contributed by atoms with van der Waals surface area (Å²) in [5.74, 6) is 0.881. The van der Waals surface area contributed by atoms with Gasteiger partial charge in [0.05, 0.1) is 6.61 Å². The molecule has 0 heterocycles. The normalized spacial score (nSPS) is 10.1. The van der Waals surface area contributed by atoms with Crippen molar-refractivity contribution in [2.24, 2.45) is 0 Å². The van der Waals surface area contributed by atoms with Gasteiger partial charge < -0.3 is 14.8 Å². The topological polar surface area (TPSA) is 30.5 Å². The van der Waals surface area contributed by atoms with E-state index in [0.29, 0.717) is 6.61 Å². The number of nitrogens with one attached hydrogen (secondary N) is 1. The molecule has 0 spiro atoms. The Labute approximate surface area is 97.1 Å². The minimum Gasteiger partial charge on any atom is -0.490 e. The van der Waals surface area contributed by atoms with Crippen LogP contribution in [0.1, 0.15) is 5.56 Å². The second kappa shape index (κ2) is 7.91. The van der Waals surface area contributed by atoms with Crippen molar-refractivity contribution in [1.82, 2.24) is 5.32 Å². The van der Waals surface area contributed by atoms with Gasteiger partial charge >= 0.3 is 0 Å². The molecule has 0 saturated heterocycles. The SMILES string of the molecule is C=CCOc1cccc(CNCCOC)c1. The largest absolute Gasteiger partial charge is 0.490 e. The van der Waals surface area contributed by atoms with Crippen molar-refractivity contribution in [3.63, 3.8) is 0 Å². The minimum atomic E-state index is 0.542. The maximum Gasteiger partial charge on any atom is 0.120 e. The molecule has 0 saturated carbocycles. The first-order chi connectivity index (χ1) is 7.86. The average Bonchev–Trinajstić information content (AvgIpc) is 2.33. The minimum absolute atomic E-state index is 0.542. The molecule has 0 radical (unpaired) electrons. The molecular weight excluding hydrogens is 202 g/mol. The van der Waals surface area contributed by atoms with E-state index in [0.717, 1.165) is 25.4 Å². The summed E-state index contributed by atoms with van der Waals surface area (Å²) in [5.41, 5.74) is 1.21. The van der Waals surface area contributed by atoms with Crippen LogP contribution < -0.4 is 10.1 Å². The van der Waals surface area contributed by atoms with Gasteiger partial charge in [-0.3, -0.25) is 0 Å². The van der Waals surface area contributed by atoms with Crippen LogP contribution in [-0.2, 0) is 11.3 Å². The molecule has 1 aromatic rings. The molecule has 0 aromatic heterocycles. The zero-order valence-electron chi connectivity index (χ0n) is 9.74. The number of hydrogen-bond acceptors (Lipinski definition) is 3.